The van der Waals surface area contributed by atoms with Crippen LogP contribution >= 0.6 is 0 Å². The first-order chi connectivity index (χ1) is 16.9. The fourth-order valence-corrected chi connectivity index (χ4v) is 3.46. The van der Waals surface area contributed by atoms with E-state index in [1.54, 1.807) is 39.5 Å². The number of aliphatic imine (C=N–C) groups is 1. The topological polar surface area (TPSA) is 121 Å². The maximum atomic E-state index is 14.2. The molecular weight excluding hydrogens is 453 g/mol. The van der Waals surface area contributed by atoms with E-state index in [0.717, 1.165) is 5.56 Å². The van der Waals surface area contributed by atoms with Gasteiger partial charge >= 0.3 is 0 Å². The zero-order valence-corrected chi connectivity index (χ0v) is 20.5. The van der Waals surface area contributed by atoms with Gasteiger partial charge in [-0.25, -0.2) is 14.4 Å². The molecule has 2 atom stereocenters. The molecule has 0 fully saturated rings. The number of hydrogen-bond acceptors (Lipinski definition) is 9. The summed E-state index contributed by atoms with van der Waals surface area (Å²) in [5, 5.41) is 15.2. The Kier molecular flexibility index (Phi) is 8.85. The zero-order valence-electron chi connectivity index (χ0n) is 20.5. The third kappa shape index (κ3) is 6.60. The normalized spacial score (nSPS) is 15.8. The fourth-order valence-electron chi connectivity index (χ4n) is 3.46. The van der Waals surface area contributed by atoms with Gasteiger partial charge in [-0.05, 0) is 26.0 Å². The van der Waals surface area contributed by atoms with Gasteiger partial charge < -0.3 is 30.7 Å². The summed E-state index contributed by atoms with van der Waals surface area (Å²) in [5.41, 5.74) is 1.97. The molecule has 0 bridgehead atoms. The highest BCUT2D eigenvalue weighted by Gasteiger charge is 2.20. The maximum Gasteiger partial charge on any atom is 0.254 e. The lowest BCUT2D eigenvalue weighted by molar-refractivity contribution is 0.0963. The van der Waals surface area contributed by atoms with Crippen molar-refractivity contribution in [3.05, 3.63) is 53.5 Å². The lowest BCUT2D eigenvalue weighted by atomic mass is 10.2. The van der Waals surface area contributed by atoms with Crippen LogP contribution in [0.4, 0.5) is 15.9 Å². The van der Waals surface area contributed by atoms with E-state index < -0.39 is 12.3 Å². The Morgan fingerprint density at radius 2 is 2.06 bits per heavy atom. The number of anilines is 2. The molecule has 1 amide bonds. The highest BCUT2D eigenvalue weighted by Crippen LogP contribution is 2.25. The van der Waals surface area contributed by atoms with E-state index in [1.807, 2.05) is 19.1 Å². The number of carbonyl (C=O) groups excluding carboxylic acids is 1. The van der Waals surface area contributed by atoms with Crippen LogP contribution in [0.25, 0.3) is 0 Å². The number of carbonyl (C=O) groups is 1. The van der Waals surface area contributed by atoms with Crippen molar-refractivity contribution < 1.29 is 18.7 Å². The van der Waals surface area contributed by atoms with E-state index in [2.05, 4.69) is 36.6 Å². The first kappa shape index (κ1) is 25.8. The van der Waals surface area contributed by atoms with E-state index in [1.165, 1.54) is 13.1 Å². The molecule has 0 saturated carbocycles. The Morgan fingerprint density at radius 3 is 2.71 bits per heavy atom. The highest BCUT2D eigenvalue weighted by molar-refractivity contribution is 5.99. The highest BCUT2D eigenvalue weighted by atomic mass is 19.1. The molecule has 1 aromatic heterocycles. The molecular formula is C24H32FN7O3. The van der Waals surface area contributed by atoms with Gasteiger partial charge in [0.2, 0.25) is 0 Å². The molecule has 35 heavy (non-hydrogen) atoms. The van der Waals surface area contributed by atoms with Crippen LogP contribution in [0.2, 0.25) is 0 Å². The van der Waals surface area contributed by atoms with Gasteiger partial charge in [0, 0.05) is 44.0 Å². The van der Waals surface area contributed by atoms with Crippen LogP contribution in [-0.2, 0) is 6.54 Å². The number of halogens is 1. The molecule has 5 N–H and O–H groups in total. The summed E-state index contributed by atoms with van der Waals surface area (Å²) in [6.07, 6.45) is 1.47. The molecule has 0 saturated heterocycles. The van der Waals surface area contributed by atoms with E-state index in [-0.39, 0.29) is 11.7 Å². The Morgan fingerprint density at radius 1 is 1.26 bits per heavy atom. The van der Waals surface area contributed by atoms with Crippen LogP contribution in [0, 0.1) is 0 Å². The summed E-state index contributed by atoms with van der Waals surface area (Å²) in [4.78, 5) is 20.9. The Labute approximate surface area is 204 Å². The van der Waals surface area contributed by atoms with Crippen LogP contribution in [0.15, 0.2) is 47.4 Å². The third-order valence-corrected chi connectivity index (χ3v) is 5.24. The van der Waals surface area contributed by atoms with Gasteiger partial charge in [0.15, 0.2) is 6.17 Å². The standard InChI is InChI=1S/C24H32FN7O3/c1-6-27-18-10-20(29-13-17(18)24(33)26-3)30-22-11-21(31-23(32-22)14(2)25)28-12-15-7-8-16(34-4)9-19(15)35-5/h7-11,13-14,21,28H,6,12H2,1-5H3,(H,26,33)(H,31,32)(H2,27,29,30). The summed E-state index contributed by atoms with van der Waals surface area (Å²) in [7, 11) is 4.75. The van der Waals surface area contributed by atoms with Crippen molar-refractivity contribution in [3.8, 4) is 11.5 Å². The number of rotatable bonds is 11. The van der Waals surface area contributed by atoms with Crippen molar-refractivity contribution in [1.82, 2.24) is 20.9 Å². The SMILES string of the molecule is CCNc1cc(NC2=CC(NCc3ccc(OC)cc3OC)N=C(C(C)F)N2)ncc1C(=O)NC. The van der Waals surface area contributed by atoms with Crippen molar-refractivity contribution in [3.63, 3.8) is 0 Å². The van der Waals surface area contributed by atoms with Gasteiger partial charge in [-0.15, -0.1) is 0 Å². The van der Waals surface area contributed by atoms with Crippen LogP contribution in [-0.4, -0.2) is 56.9 Å². The number of amides is 1. The Balaban J connectivity index is 1.79. The number of ether oxygens (including phenoxy) is 2. The lowest BCUT2D eigenvalue weighted by Gasteiger charge is -2.24. The maximum absolute atomic E-state index is 14.2. The molecule has 3 rings (SSSR count). The molecule has 2 unspecified atom stereocenters. The van der Waals surface area contributed by atoms with E-state index in [0.29, 0.717) is 47.5 Å². The van der Waals surface area contributed by atoms with Gasteiger partial charge in [-0.1, -0.05) is 6.07 Å². The predicted molar refractivity (Wildman–Crippen MR) is 135 cm³/mol. The number of methoxy groups -OCH3 is 2. The zero-order chi connectivity index (χ0) is 25.4. The summed E-state index contributed by atoms with van der Waals surface area (Å²) in [5.74, 6) is 2.30. The number of aromatic nitrogens is 1. The molecule has 2 heterocycles. The van der Waals surface area contributed by atoms with Crippen LogP contribution in [0.1, 0.15) is 29.8 Å². The molecule has 1 aromatic carbocycles. The average molecular weight is 486 g/mol. The molecule has 1 aliphatic rings. The molecule has 10 nitrogen and oxygen atoms in total. The summed E-state index contributed by atoms with van der Waals surface area (Å²) in [6.45, 7) is 4.41. The predicted octanol–water partition coefficient (Wildman–Crippen LogP) is 2.62. The number of alkyl halides is 1. The van der Waals surface area contributed by atoms with E-state index >= 15 is 0 Å². The second-order valence-electron chi connectivity index (χ2n) is 7.69. The third-order valence-electron chi connectivity index (χ3n) is 5.24. The number of amidine groups is 1. The number of nitrogens with one attached hydrogen (secondary N) is 5. The Hall–Kier alpha value is -3.86. The second kappa shape index (κ2) is 12.0. The minimum atomic E-state index is -1.30. The van der Waals surface area contributed by atoms with Crippen molar-refractivity contribution in [2.24, 2.45) is 4.99 Å². The number of benzene rings is 1. The first-order valence-electron chi connectivity index (χ1n) is 11.3. The molecule has 11 heteroatoms. The number of nitrogens with zero attached hydrogens (tertiary/aromatic N) is 2. The minimum absolute atomic E-state index is 0.183. The smallest absolute Gasteiger partial charge is 0.254 e. The largest absolute Gasteiger partial charge is 0.497 e. The summed E-state index contributed by atoms with van der Waals surface area (Å²) in [6, 6.07) is 7.28. The van der Waals surface area contributed by atoms with Crippen LogP contribution in [0.5, 0.6) is 11.5 Å². The van der Waals surface area contributed by atoms with Gasteiger partial charge in [-0.2, -0.15) is 0 Å². The number of pyridine rings is 1. The second-order valence-corrected chi connectivity index (χ2v) is 7.69. The number of hydrogen-bond donors (Lipinski definition) is 5. The molecule has 2 aromatic rings. The fraction of sp³-hybridized carbons (Fsp3) is 0.375. The Bertz CT molecular complexity index is 1100. The first-order valence-corrected chi connectivity index (χ1v) is 11.3. The van der Waals surface area contributed by atoms with Crippen LogP contribution < -0.4 is 36.1 Å². The average Bonchev–Trinajstić information content (AvgIpc) is 2.87. The van der Waals surface area contributed by atoms with Crippen molar-refractivity contribution >= 4 is 23.2 Å². The molecule has 0 radical (unpaired) electrons. The monoisotopic (exact) mass is 485 g/mol. The van der Waals surface area contributed by atoms with Crippen LogP contribution in [0.3, 0.4) is 0 Å². The van der Waals surface area contributed by atoms with E-state index in [4.69, 9.17) is 9.47 Å². The molecule has 0 spiro atoms. The van der Waals surface area contributed by atoms with Crippen molar-refractivity contribution in [1.29, 1.82) is 0 Å². The van der Waals surface area contributed by atoms with Gasteiger partial charge in [0.25, 0.3) is 5.91 Å². The molecule has 188 valence electrons. The minimum Gasteiger partial charge on any atom is -0.497 e. The molecule has 0 aliphatic carbocycles. The van der Waals surface area contributed by atoms with Crippen molar-refractivity contribution in [2.75, 3.05) is 38.4 Å². The van der Waals surface area contributed by atoms with Gasteiger partial charge in [-0.3, -0.25) is 10.1 Å². The molecule has 1 aliphatic heterocycles. The summed E-state index contributed by atoms with van der Waals surface area (Å²) >= 11 is 0. The quantitative estimate of drug-likeness (QED) is 0.329. The summed E-state index contributed by atoms with van der Waals surface area (Å²) < 4.78 is 24.9. The lowest BCUT2D eigenvalue weighted by Crippen LogP contribution is -2.41. The van der Waals surface area contributed by atoms with Gasteiger partial charge in [0.1, 0.15) is 35.1 Å². The van der Waals surface area contributed by atoms with E-state index in [9.17, 15) is 9.18 Å². The van der Waals surface area contributed by atoms with Gasteiger partial charge in [0.05, 0.1) is 25.5 Å². The van der Waals surface area contributed by atoms with Crippen molar-refractivity contribution in [2.45, 2.75) is 32.7 Å².